The van der Waals surface area contributed by atoms with Crippen LogP contribution in [0.25, 0.3) is 16.3 Å². The lowest BCUT2D eigenvalue weighted by atomic mass is 10.2. The molecule has 0 saturated carbocycles. The summed E-state index contributed by atoms with van der Waals surface area (Å²) in [5, 5.41) is 7.83. The molecule has 0 unspecified atom stereocenters. The summed E-state index contributed by atoms with van der Waals surface area (Å²) in [6.07, 6.45) is 1.58. The molecule has 0 bridgehead atoms. The van der Waals surface area contributed by atoms with Gasteiger partial charge in [0.2, 0.25) is 15.9 Å². The highest BCUT2D eigenvalue weighted by Crippen LogP contribution is 2.24. The van der Waals surface area contributed by atoms with E-state index >= 15 is 0 Å². The normalized spacial score (nSPS) is 11.7. The lowest BCUT2D eigenvalue weighted by molar-refractivity contribution is -0.120. The minimum atomic E-state index is -3.58. The Bertz CT molecular complexity index is 1050. The van der Waals surface area contributed by atoms with Gasteiger partial charge in [0.05, 0.1) is 10.2 Å². The molecule has 0 fully saturated rings. The molecule has 0 radical (unpaired) electrons. The number of carbonyl (C=O) groups is 1. The Morgan fingerprint density at radius 3 is 2.55 bits per heavy atom. The number of carbonyl (C=O) groups excluding carboxylic acids is 1. The first-order chi connectivity index (χ1) is 14.0. The third kappa shape index (κ3) is 6.97. The molecule has 0 atom stereocenters. The van der Waals surface area contributed by atoms with Crippen LogP contribution in [0.2, 0.25) is 0 Å². The van der Waals surface area contributed by atoms with Crippen LogP contribution in [0.15, 0.2) is 60.0 Å². The topological polar surface area (TPSA) is 100 Å². The molecule has 1 heterocycles. The van der Waals surface area contributed by atoms with Gasteiger partial charge >= 0.3 is 0 Å². The van der Waals surface area contributed by atoms with E-state index in [1.807, 2.05) is 54.6 Å². The zero-order chi connectivity index (χ0) is 20.5. The van der Waals surface area contributed by atoms with Gasteiger partial charge in [-0.1, -0.05) is 53.8 Å². The summed E-state index contributed by atoms with van der Waals surface area (Å²) in [6, 6.07) is 17.0. The fraction of sp³-hybridized carbons (Fsp3) is 0.200. The molecule has 2 aromatic carbocycles. The van der Waals surface area contributed by atoms with Crippen molar-refractivity contribution in [3.8, 4) is 0 Å². The SMILES string of the molecule is O=C(CCNS(=O)(=O)/C=C/c1ccccc1)NCCNc1nc2ccccc2s1. The van der Waals surface area contributed by atoms with Gasteiger partial charge in [0.25, 0.3) is 0 Å². The highest BCUT2D eigenvalue weighted by Gasteiger charge is 2.07. The number of aromatic nitrogens is 1. The number of thiazole rings is 1. The minimum absolute atomic E-state index is 0.0403. The van der Waals surface area contributed by atoms with Gasteiger partial charge in [0.1, 0.15) is 0 Å². The van der Waals surface area contributed by atoms with Crippen molar-refractivity contribution < 1.29 is 13.2 Å². The first-order valence-corrected chi connectivity index (χ1v) is 11.5. The average Bonchev–Trinajstić information content (AvgIpc) is 3.13. The van der Waals surface area contributed by atoms with Crippen molar-refractivity contribution in [3.05, 3.63) is 65.6 Å². The van der Waals surface area contributed by atoms with E-state index in [0.717, 1.165) is 26.3 Å². The summed E-state index contributed by atoms with van der Waals surface area (Å²) in [4.78, 5) is 16.3. The Labute approximate surface area is 173 Å². The molecule has 0 spiro atoms. The van der Waals surface area contributed by atoms with Crippen molar-refractivity contribution in [2.45, 2.75) is 6.42 Å². The van der Waals surface area contributed by atoms with Gasteiger partial charge in [0.15, 0.2) is 5.13 Å². The van der Waals surface area contributed by atoms with Gasteiger partial charge in [-0.3, -0.25) is 4.79 Å². The Balaban J connectivity index is 1.33. The molecule has 0 saturated heterocycles. The Morgan fingerprint density at radius 2 is 1.76 bits per heavy atom. The van der Waals surface area contributed by atoms with E-state index in [2.05, 4.69) is 20.3 Å². The van der Waals surface area contributed by atoms with Crippen LogP contribution in [-0.2, 0) is 14.8 Å². The molecular weight excluding hydrogens is 408 g/mol. The first-order valence-electron chi connectivity index (χ1n) is 9.11. The van der Waals surface area contributed by atoms with Gasteiger partial charge in [0, 0.05) is 31.5 Å². The number of fused-ring (bicyclic) bond motifs is 1. The van der Waals surface area contributed by atoms with Crippen molar-refractivity contribution in [2.24, 2.45) is 0 Å². The van der Waals surface area contributed by atoms with Crippen molar-refractivity contribution >= 4 is 48.7 Å². The van der Waals surface area contributed by atoms with Crippen molar-refractivity contribution in [1.29, 1.82) is 0 Å². The van der Waals surface area contributed by atoms with Crippen LogP contribution >= 0.6 is 11.3 Å². The molecule has 1 aromatic heterocycles. The largest absolute Gasteiger partial charge is 0.360 e. The van der Waals surface area contributed by atoms with Crippen molar-refractivity contribution in [3.63, 3.8) is 0 Å². The second-order valence-electron chi connectivity index (χ2n) is 6.17. The molecule has 29 heavy (non-hydrogen) atoms. The number of hydrogen-bond acceptors (Lipinski definition) is 6. The number of anilines is 1. The monoisotopic (exact) mass is 430 g/mol. The van der Waals surface area contributed by atoms with Crippen molar-refractivity contribution in [2.75, 3.05) is 25.0 Å². The summed E-state index contributed by atoms with van der Waals surface area (Å²) in [5.41, 5.74) is 1.73. The Hall–Kier alpha value is -2.75. The van der Waals surface area contributed by atoms with Crippen LogP contribution in [0.4, 0.5) is 5.13 Å². The molecule has 3 aromatic rings. The maximum atomic E-state index is 11.9. The second kappa shape index (κ2) is 10.1. The quantitative estimate of drug-likeness (QED) is 0.430. The van der Waals surface area contributed by atoms with E-state index in [9.17, 15) is 13.2 Å². The summed E-state index contributed by atoms with van der Waals surface area (Å²) >= 11 is 1.56. The Morgan fingerprint density at radius 1 is 1.00 bits per heavy atom. The van der Waals surface area contributed by atoms with Gasteiger partial charge in [-0.25, -0.2) is 18.1 Å². The molecule has 0 aliphatic rings. The van der Waals surface area contributed by atoms with Gasteiger partial charge in [-0.05, 0) is 23.8 Å². The molecule has 7 nitrogen and oxygen atoms in total. The number of para-hydroxylation sites is 1. The molecule has 3 rings (SSSR count). The van der Waals surface area contributed by atoms with E-state index in [4.69, 9.17) is 0 Å². The zero-order valence-electron chi connectivity index (χ0n) is 15.7. The van der Waals surface area contributed by atoms with Crippen LogP contribution in [0.5, 0.6) is 0 Å². The average molecular weight is 431 g/mol. The standard InChI is InChI=1S/C20H22N4O3S2/c25-19(10-12-23-29(26,27)15-11-16-6-2-1-3-7-16)21-13-14-22-20-24-17-8-4-5-9-18(17)28-20/h1-9,11,15,23H,10,12-14H2,(H,21,25)(H,22,24)/b15-11+. The van der Waals surface area contributed by atoms with E-state index in [0.29, 0.717) is 13.1 Å². The first kappa shape index (κ1) is 21.0. The van der Waals surface area contributed by atoms with Gasteiger partial charge in [-0.15, -0.1) is 0 Å². The highest BCUT2D eigenvalue weighted by molar-refractivity contribution is 7.92. The van der Waals surface area contributed by atoms with Crippen LogP contribution < -0.4 is 15.4 Å². The van der Waals surface area contributed by atoms with E-state index in [-0.39, 0.29) is 18.9 Å². The summed E-state index contributed by atoms with van der Waals surface area (Å²) in [5.74, 6) is -0.217. The van der Waals surface area contributed by atoms with E-state index in [1.165, 1.54) is 6.08 Å². The van der Waals surface area contributed by atoms with Crippen LogP contribution in [-0.4, -0.2) is 38.9 Å². The molecular formula is C20H22N4O3S2. The molecule has 0 aliphatic carbocycles. The minimum Gasteiger partial charge on any atom is -0.360 e. The molecule has 152 valence electrons. The van der Waals surface area contributed by atoms with E-state index in [1.54, 1.807) is 11.3 Å². The van der Waals surface area contributed by atoms with Crippen LogP contribution in [0.1, 0.15) is 12.0 Å². The maximum absolute atomic E-state index is 11.9. The highest BCUT2D eigenvalue weighted by atomic mass is 32.2. The number of amides is 1. The number of benzene rings is 2. The number of nitrogens with one attached hydrogen (secondary N) is 3. The van der Waals surface area contributed by atoms with Gasteiger partial charge in [-0.2, -0.15) is 0 Å². The number of sulfonamides is 1. The summed E-state index contributed by atoms with van der Waals surface area (Å²) in [6.45, 7) is 1.01. The lowest BCUT2D eigenvalue weighted by Gasteiger charge is -2.06. The molecule has 0 aliphatic heterocycles. The third-order valence-electron chi connectivity index (χ3n) is 3.91. The summed E-state index contributed by atoms with van der Waals surface area (Å²) in [7, 11) is -3.58. The predicted octanol–water partition coefficient (Wildman–Crippen LogP) is 2.80. The zero-order valence-corrected chi connectivity index (χ0v) is 17.3. The van der Waals surface area contributed by atoms with Crippen LogP contribution in [0.3, 0.4) is 0 Å². The lowest BCUT2D eigenvalue weighted by Crippen LogP contribution is -2.32. The predicted molar refractivity (Wildman–Crippen MR) is 118 cm³/mol. The molecule has 3 N–H and O–H groups in total. The molecule has 1 amide bonds. The smallest absolute Gasteiger partial charge is 0.233 e. The third-order valence-corrected chi connectivity index (χ3v) is 6.01. The number of hydrogen-bond donors (Lipinski definition) is 3. The van der Waals surface area contributed by atoms with Crippen LogP contribution in [0, 0.1) is 0 Å². The molecule has 9 heteroatoms. The fourth-order valence-corrected chi connectivity index (χ4v) is 4.21. The number of rotatable bonds is 10. The van der Waals surface area contributed by atoms with Gasteiger partial charge < -0.3 is 10.6 Å². The fourth-order valence-electron chi connectivity index (χ4n) is 2.49. The second-order valence-corrected chi connectivity index (χ2v) is 8.85. The van der Waals surface area contributed by atoms with E-state index < -0.39 is 10.0 Å². The Kier molecular flexibility index (Phi) is 7.34. The van der Waals surface area contributed by atoms with Crippen molar-refractivity contribution in [1.82, 2.24) is 15.0 Å². The maximum Gasteiger partial charge on any atom is 0.233 e. The number of nitrogens with zero attached hydrogens (tertiary/aromatic N) is 1. The summed E-state index contributed by atoms with van der Waals surface area (Å²) < 4.78 is 27.4.